The molecule has 11 heavy (non-hydrogen) atoms. The third kappa shape index (κ3) is 2.17. The van der Waals surface area contributed by atoms with Gasteiger partial charge in [-0.3, -0.25) is 0 Å². The average Bonchev–Trinajstić information content (AvgIpc) is 2.08. The Morgan fingerprint density at radius 1 is 1.09 bits per heavy atom. The van der Waals surface area contributed by atoms with Gasteiger partial charge >= 0.3 is 0 Å². The van der Waals surface area contributed by atoms with Crippen LogP contribution in [0, 0.1) is 0 Å². The quantitative estimate of drug-likeness (QED) is 0.600. The molecule has 2 nitrogen and oxygen atoms in total. The van der Waals surface area contributed by atoms with Crippen molar-refractivity contribution in [2.75, 3.05) is 26.2 Å². The van der Waals surface area contributed by atoms with Crippen LogP contribution in [0.5, 0.6) is 0 Å². The third-order valence-corrected chi connectivity index (χ3v) is 3.09. The Bertz CT molecular complexity index is 91.5. The highest BCUT2D eigenvalue weighted by Gasteiger charge is 2.27. The first kappa shape index (κ1) is 10.9. The van der Waals surface area contributed by atoms with E-state index < -0.39 is 0 Å². The van der Waals surface area contributed by atoms with E-state index in [0.29, 0.717) is 12.6 Å². The van der Waals surface area contributed by atoms with Crippen LogP contribution in [-0.2, 0) is 0 Å². The third-order valence-electron chi connectivity index (χ3n) is 3.09. The lowest BCUT2D eigenvalue weighted by Gasteiger charge is -2.40. The van der Waals surface area contributed by atoms with Crippen molar-refractivity contribution in [2.24, 2.45) is 0 Å². The number of hydrogen-bond acceptors (Lipinski definition) is 1. The van der Waals surface area contributed by atoms with Crippen LogP contribution in [0.4, 0.5) is 0 Å². The van der Waals surface area contributed by atoms with Crippen molar-refractivity contribution >= 4 is 0 Å². The van der Waals surface area contributed by atoms with Crippen LogP contribution in [0.1, 0.15) is 27.7 Å². The molecule has 0 aliphatic carbocycles. The van der Waals surface area contributed by atoms with Gasteiger partial charge in [0.1, 0.15) is 6.04 Å². The monoisotopic (exact) mass is 160 g/mol. The van der Waals surface area contributed by atoms with Crippen LogP contribution in [0.25, 0.3) is 0 Å². The maximum Gasteiger partial charge on any atom is 0.110 e. The summed E-state index contributed by atoms with van der Waals surface area (Å²) < 4.78 is 1.04. The molecule has 0 aromatic rings. The van der Waals surface area contributed by atoms with Crippen molar-refractivity contribution in [1.29, 1.82) is 0 Å². The maximum atomic E-state index is 9.05. The number of nitrogens with zero attached hydrogens (tertiary/aromatic N) is 1. The number of aliphatic hydroxyl groups is 1. The summed E-state index contributed by atoms with van der Waals surface area (Å²) in [4.78, 5) is 0. The molecule has 0 aromatic heterocycles. The summed E-state index contributed by atoms with van der Waals surface area (Å²) in [7, 11) is 0. The Hall–Kier alpha value is -0.0800. The number of aliphatic hydroxyl groups excluding tert-OH is 1. The van der Waals surface area contributed by atoms with E-state index in [1.54, 1.807) is 0 Å². The molecular formula is C9H22NO+. The molecule has 0 bridgehead atoms. The molecule has 0 radical (unpaired) electrons. The van der Waals surface area contributed by atoms with E-state index >= 15 is 0 Å². The fourth-order valence-electron chi connectivity index (χ4n) is 1.78. The van der Waals surface area contributed by atoms with Gasteiger partial charge in [0.2, 0.25) is 0 Å². The first-order valence-corrected chi connectivity index (χ1v) is 4.63. The normalized spacial score (nSPS) is 15.0. The minimum atomic E-state index is 0.301. The zero-order chi connectivity index (χ0) is 8.91. The summed E-state index contributed by atoms with van der Waals surface area (Å²) in [5.74, 6) is 0. The number of hydrogen-bond donors (Lipinski definition) is 1. The first-order valence-electron chi connectivity index (χ1n) is 4.63. The van der Waals surface area contributed by atoms with Crippen LogP contribution in [0.15, 0.2) is 0 Å². The Balaban J connectivity index is 4.26. The largest absolute Gasteiger partial charge is 0.390 e. The predicted octanol–water partition coefficient (Wildman–Crippen LogP) is 1.24. The van der Waals surface area contributed by atoms with E-state index in [4.69, 9.17) is 5.11 Å². The lowest BCUT2D eigenvalue weighted by molar-refractivity contribution is -0.945. The SMILES string of the molecule is CC[N+](CC)(CC)C(C)CO. The Labute approximate surface area is 70.4 Å². The van der Waals surface area contributed by atoms with Gasteiger partial charge in [-0.05, 0) is 27.7 Å². The van der Waals surface area contributed by atoms with Gasteiger partial charge in [0, 0.05) is 0 Å². The molecule has 1 atom stereocenters. The van der Waals surface area contributed by atoms with Crippen molar-refractivity contribution in [3.63, 3.8) is 0 Å². The van der Waals surface area contributed by atoms with Gasteiger partial charge < -0.3 is 9.59 Å². The molecule has 0 aliphatic heterocycles. The average molecular weight is 160 g/mol. The lowest BCUT2D eigenvalue weighted by atomic mass is 10.2. The van der Waals surface area contributed by atoms with Crippen LogP contribution in [0.2, 0.25) is 0 Å². The summed E-state index contributed by atoms with van der Waals surface area (Å²) in [5.41, 5.74) is 0. The molecular weight excluding hydrogens is 138 g/mol. The smallest absolute Gasteiger partial charge is 0.110 e. The second-order valence-electron chi connectivity index (χ2n) is 3.20. The molecule has 1 unspecified atom stereocenters. The Morgan fingerprint density at radius 3 is 1.55 bits per heavy atom. The summed E-state index contributed by atoms with van der Waals surface area (Å²) in [6.07, 6.45) is 0. The van der Waals surface area contributed by atoms with Crippen LogP contribution in [0.3, 0.4) is 0 Å². The molecule has 0 aliphatic rings. The minimum absolute atomic E-state index is 0.301. The van der Waals surface area contributed by atoms with E-state index in [-0.39, 0.29) is 0 Å². The molecule has 0 rings (SSSR count). The minimum Gasteiger partial charge on any atom is -0.390 e. The molecule has 1 N–H and O–H groups in total. The highest BCUT2D eigenvalue weighted by atomic mass is 16.3. The number of likely N-dealkylation sites (N-methyl/N-ethyl adjacent to an activating group) is 1. The zero-order valence-corrected chi connectivity index (χ0v) is 8.30. The van der Waals surface area contributed by atoms with Gasteiger partial charge in [-0.1, -0.05) is 0 Å². The molecule has 2 heteroatoms. The van der Waals surface area contributed by atoms with Crippen molar-refractivity contribution in [3.8, 4) is 0 Å². The lowest BCUT2D eigenvalue weighted by Crippen LogP contribution is -2.55. The molecule has 0 aromatic carbocycles. The van der Waals surface area contributed by atoms with Crippen LogP contribution >= 0.6 is 0 Å². The topological polar surface area (TPSA) is 20.2 Å². The van der Waals surface area contributed by atoms with Gasteiger partial charge in [-0.15, -0.1) is 0 Å². The van der Waals surface area contributed by atoms with E-state index in [1.807, 2.05) is 0 Å². The van der Waals surface area contributed by atoms with Gasteiger partial charge in [0.25, 0.3) is 0 Å². The van der Waals surface area contributed by atoms with Crippen molar-refractivity contribution in [1.82, 2.24) is 0 Å². The van der Waals surface area contributed by atoms with Crippen molar-refractivity contribution < 1.29 is 9.59 Å². The standard InChI is InChI=1S/C9H22NO/c1-5-10(6-2,7-3)9(4)8-11/h9,11H,5-8H2,1-4H3/q+1. The Morgan fingerprint density at radius 2 is 1.45 bits per heavy atom. The van der Waals surface area contributed by atoms with Crippen molar-refractivity contribution in [2.45, 2.75) is 33.7 Å². The summed E-state index contributed by atoms with van der Waals surface area (Å²) in [6, 6.07) is 0.384. The Kier molecular flexibility index (Phi) is 4.69. The summed E-state index contributed by atoms with van der Waals surface area (Å²) in [6.45, 7) is 12.4. The van der Waals surface area contributed by atoms with E-state index in [9.17, 15) is 0 Å². The van der Waals surface area contributed by atoms with Crippen molar-refractivity contribution in [3.05, 3.63) is 0 Å². The van der Waals surface area contributed by atoms with Gasteiger partial charge in [0.05, 0.1) is 26.2 Å². The number of rotatable bonds is 5. The van der Waals surface area contributed by atoms with Crippen LogP contribution < -0.4 is 0 Å². The molecule has 0 amide bonds. The molecule has 0 heterocycles. The molecule has 0 fully saturated rings. The van der Waals surface area contributed by atoms with E-state index in [2.05, 4.69) is 27.7 Å². The summed E-state index contributed by atoms with van der Waals surface area (Å²) in [5, 5.41) is 9.05. The fourth-order valence-corrected chi connectivity index (χ4v) is 1.78. The van der Waals surface area contributed by atoms with Crippen LogP contribution in [-0.4, -0.2) is 41.9 Å². The second-order valence-corrected chi connectivity index (χ2v) is 3.20. The zero-order valence-electron chi connectivity index (χ0n) is 8.30. The second kappa shape index (κ2) is 4.73. The van der Waals surface area contributed by atoms with E-state index in [1.165, 1.54) is 0 Å². The highest BCUT2D eigenvalue weighted by Crippen LogP contribution is 2.11. The van der Waals surface area contributed by atoms with Gasteiger partial charge in [-0.2, -0.15) is 0 Å². The summed E-state index contributed by atoms with van der Waals surface area (Å²) >= 11 is 0. The molecule has 0 saturated heterocycles. The fraction of sp³-hybridized carbons (Fsp3) is 1.00. The molecule has 68 valence electrons. The number of quaternary nitrogens is 1. The van der Waals surface area contributed by atoms with Gasteiger partial charge in [0.15, 0.2) is 0 Å². The first-order chi connectivity index (χ1) is 5.16. The predicted molar refractivity (Wildman–Crippen MR) is 48.4 cm³/mol. The maximum absolute atomic E-state index is 9.05. The molecule has 0 saturated carbocycles. The van der Waals surface area contributed by atoms with E-state index in [0.717, 1.165) is 24.1 Å². The molecule has 0 spiro atoms. The van der Waals surface area contributed by atoms with Gasteiger partial charge in [-0.25, -0.2) is 0 Å². The highest BCUT2D eigenvalue weighted by molar-refractivity contribution is 4.49.